The normalized spacial score (nSPS) is 19.2. The number of nitrogens with one attached hydrogen (secondary N) is 1. The Balaban J connectivity index is 1.55. The molecule has 32 heavy (non-hydrogen) atoms. The number of amidine groups is 1. The van der Waals surface area contributed by atoms with Crippen LogP contribution in [-0.2, 0) is 28.0 Å². The van der Waals surface area contributed by atoms with E-state index in [1.54, 1.807) is 18.3 Å². The minimum absolute atomic E-state index is 0.0124. The summed E-state index contributed by atoms with van der Waals surface area (Å²) in [6.07, 6.45) is 4.96. The van der Waals surface area contributed by atoms with Crippen molar-refractivity contribution in [2.24, 2.45) is 4.99 Å². The van der Waals surface area contributed by atoms with E-state index < -0.39 is 11.6 Å². The number of aromatic nitrogens is 2. The van der Waals surface area contributed by atoms with E-state index in [-0.39, 0.29) is 24.1 Å². The largest absolute Gasteiger partial charge is 0.481 e. The van der Waals surface area contributed by atoms with Crippen LogP contribution in [0.5, 0.6) is 5.88 Å². The number of aliphatic carboxylic acids is 1. The number of carbonyl (C=O) groups is 1. The molecule has 1 unspecified atom stereocenters. The number of hydrogen-bond acceptors (Lipinski definition) is 8. The summed E-state index contributed by atoms with van der Waals surface area (Å²) in [5.74, 6) is -1.14. The van der Waals surface area contributed by atoms with Gasteiger partial charge in [-0.15, -0.1) is 0 Å². The van der Waals surface area contributed by atoms with E-state index in [0.717, 1.165) is 12.0 Å². The summed E-state index contributed by atoms with van der Waals surface area (Å²) in [5, 5.41) is 16.7. The number of carboxylic acids is 1. The predicted molar refractivity (Wildman–Crippen MR) is 111 cm³/mol. The third kappa shape index (κ3) is 3.15. The van der Waals surface area contributed by atoms with Crippen LogP contribution in [0.2, 0.25) is 0 Å². The van der Waals surface area contributed by atoms with Crippen molar-refractivity contribution in [2.45, 2.75) is 24.9 Å². The Hall–Kier alpha value is -3.95. The maximum absolute atomic E-state index is 14.9. The van der Waals surface area contributed by atoms with E-state index in [4.69, 9.17) is 14.0 Å². The third-order valence-electron chi connectivity index (χ3n) is 5.75. The van der Waals surface area contributed by atoms with Gasteiger partial charge in [0.15, 0.2) is 0 Å². The quantitative estimate of drug-likeness (QED) is 0.624. The number of aliphatic imine (C=N–C) groups is 1. The first-order valence-corrected chi connectivity index (χ1v) is 10.0. The van der Waals surface area contributed by atoms with Crippen molar-refractivity contribution in [3.8, 4) is 17.0 Å². The van der Waals surface area contributed by atoms with E-state index in [0.29, 0.717) is 41.1 Å². The molecule has 5 rings (SSSR count). The predicted octanol–water partition coefficient (Wildman–Crippen LogP) is 3.15. The van der Waals surface area contributed by atoms with Crippen molar-refractivity contribution in [1.82, 2.24) is 10.1 Å². The Morgan fingerprint density at radius 3 is 2.88 bits per heavy atom. The van der Waals surface area contributed by atoms with Crippen LogP contribution in [-0.4, -0.2) is 40.9 Å². The Labute approximate surface area is 181 Å². The maximum atomic E-state index is 14.9. The number of ether oxygens (including phenoxy) is 2. The highest BCUT2D eigenvalue weighted by atomic mass is 19.1. The second-order valence-electron chi connectivity index (χ2n) is 7.54. The van der Waals surface area contributed by atoms with Gasteiger partial charge in [0, 0.05) is 23.9 Å². The Kier molecular flexibility index (Phi) is 4.76. The minimum Gasteiger partial charge on any atom is -0.481 e. The molecule has 1 aliphatic heterocycles. The van der Waals surface area contributed by atoms with Crippen molar-refractivity contribution in [1.29, 1.82) is 0 Å². The lowest BCUT2D eigenvalue weighted by molar-refractivity contribution is -0.155. The lowest BCUT2D eigenvalue weighted by Crippen LogP contribution is -2.40. The summed E-state index contributed by atoms with van der Waals surface area (Å²) in [4.78, 5) is 20.4. The zero-order valence-corrected chi connectivity index (χ0v) is 17.1. The zero-order valence-electron chi connectivity index (χ0n) is 17.1. The fraction of sp³-hybridized carbons (Fsp3) is 0.273. The highest BCUT2D eigenvalue weighted by Crippen LogP contribution is 2.41. The van der Waals surface area contributed by atoms with Crippen LogP contribution in [0.15, 0.2) is 46.2 Å². The first kappa shape index (κ1) is 20.0. The summed E-state index contributed by atoms with van der Waals surface area (Å²) < 4.78 is 30.7. The summed E-state index contributed by atoms with van der Waals surface area (Å²) >= 11 is 0. The molecule has 9 nitrogen and oxygen atoms in total. The summed E-state index contributed by atoms with van der Waals surface area (Å²) in [5.41, 5.74) is 1.64. The molecule has 1 aliphatic carbocycles. The van der Waals surface area contributed by atoms with Crippen LogP contribution in [0.25, 0.3) is 11.1 Å². The first-order chi connectivity index (χ1) is 15.5. The lowest BCUT2D eigenvalue weighted by atomic mass is 9.97. The van der Waals surface area contributed by atoms with Crippen molar-refractivity contribution < 1.29 is 28.3 Å². The molecular formula is C22H19FN4O5. The molecule has 2 aromatic heterocycles. The van der Waals surface area contributed by atoms with Crippen LogP contribution < -0.4 is 10.1 Å². The maximum Gasteiger partial charge on any atom is 0.356 e. The molecule has 0 bridgehead atoms. The van der Waals surface area contributed by atoms with Gasteiger partial charge < -0.3 is 24.4 Å². The van der Waals surface area contributed by atoms with Crippen LogP contribution >= 0.6 is 0 Å². The van der Waals surface area contributed by atoms with Crippen LogP contribution in [0.1, 0.15) is 23.2 Å². The van der Waals surface area contributed by atoms with Gasteiger partial charge in [-0.2, -0.15) is 0 Å². The summed E-state index contributed by atoms with van der Waals surface area (Å²) in [7, 11) is 1.51. The van der Waals surface area contributed by atoms with E-state index in [9.17, 15) is 14.3 Å². The molecule has 3 heterocycles. The highest BCUT2D eigenvalue weighted by molar-refractivity contribution is 5.99. The van der Waals surface area contributed by atoms with Crippen molar-refractivity contribution in [3.63, 3.8) is 0 Å². The smallest absolute Gasteiger partial charge is 0.356 e. The number of hydrogen-bond donors (Lipinski definition) is 2. The Morgan fingerprint density at radius 2 is 2.12 bits per heavy atom. The number of anilines is 1. The number of carboxylic acid groups (broad SMARTS) is 1. The molecule has 0 spiro atoms. The van der Waals surface area contributed by atoms with Gasteiger partial charge in [-0.25, -0.2) is 19.2 Å². The first-order valence-electron chi connectivity index (χ1n) is 10.0. The van der Waals surface area contributed by atoms with Gasteiger partial charge in [0.1, 0.15) is 24.3 Å². The van der Waals surface area contributed by atoms with E-state index in [2.05, 4.69) is 20.4 Å². The van der Waals surface area contributed by atoms with Crippen molar-refractivity contribution in [2.75, 3.05) is 19.0 Å². The van der Waals surface area contributed by atoms with E-state index in [1.165, 1.54) is 25.5 Å². The number of nitrogens with zero attached hydrogens (tertiary/aromatic N) is 3. The molecular weight excluding hydrogens is 419 g/mol. The monoisotopic (exact) mass is 438 g/mol. The molecule has 164 valence electrons. The van der Waals surface area contributed by atoms with E-state index in [1.807, 2.05) is 0 Å². The van der Waals surface area contributed by atoms with Gasteiger partial charge in [0.25, 0.3) is 11.6 Å². The van der Waals surface area contributed by atoms with Crippen molar-refractivity contribution >= 4 is 17.7 Å². The Bertz CT molecular complexity index is 1230. The SMILES string of the molecule is COc1cc(-c2cc(F)c3c(c2NC2=NCC(C(=O)O)(c4ccon4)O2)CCC3)ccn1. The third-order valence-corrected chi connectivity index (χ3v) is 5.75. The number of benzene rings is 1. The molecule has 1 aromatic carbocycles. The molecule has 10 heteroatoms. The molecule has 0 radical (unpaired) electrons. The minimum atomic E-state index is -1.79. The van der Waals surface area contributed by atoms with Gasteiger partial charge in [0.2, 0.25) is 5.88 Å². The molecule has 3 aromatic rings. The van der Waals surface area contributed by atoms with Gasteiger partial charge in [-0.3, -0.25) is 0 Å². The molecule has 0 saturated heterocycles. The Morgan fingerprint density at radius 1 is 1.28 bits per heavy atom. The lowest BCUT2D eigenvalue weighted by Gasteiger charge is -2.22. The zero-order chi connectivity index (χ0) is 22.3. The summed E-state index contributed by atoms with van der Waals surface area (Å²) in [6, 6.07) is 6.35. The second kappa shape index (κ2) is 7.63. The van der Waals surface area contributed by atoms with Crippen molar-refractivity contribution in [3.05, 3.63) is 59.4 Å². The van der Waals surface area contributed by atoms with Crippen LogP contribution in [0.3, 0.4) is 0 Å². The number of rotatable bonds is 5. The van der Waals surface area contributed by atoms with Gasteiger partial charge in [-0.05, 0) is 48.1 Å². The highest BCUT2D eigenvalue weighted by Gasteiger charge is 2.50. The molecule has 1 atom stereocenters. The molecule has 0 saturated carbocycles. The second-order valence-corrected chi connectivity index (χ2v) is 7.54. The molecule has 2 N–H and O–H groups in total. The van der Waals surface area contributed by atoms with Crippen LogP contribution in [0, 0.1) is 5.82 Å². The number of methoxy groups -OCH3 is 1. The fourth-order valence-electron chi connectivity index (χ4n) is 4.15. The van der Waals surface area contributed by atoms with Gasteiger partial charge >= 0.3 is 5.97 Å². The number of pyridine rings is 1. The molecule has 0 fully saturated rings. The molecule has 2 aliphatic rings. The average Bonchev–Trinajstić information content (AvgIpc) is 3.56. The molecule has 0 amide bonds. The fourth-order valence-corrected chi connectivity index (χ4v) is 4.15. The topological polar surface area (TPSA) is 119 Å². The number of halogens is 1. The standard InChI is InChI=1S/C22H19FN4O5/c1-30-18-9-12(5-7-24-18)15-10-16(23)13-3-2-4-14(13)19(15)26-21-25-11-22(32-21,20(28)29)17-6-8-31-27-17/h5-10H,2-4,11H2,1H3,(H,25,26)(H,28,29). The van der Waals surface area contributed by atoms with E-state index >= 15 is 0 Å². The van der Waals surface area contributed by atoms with Gasteiger partial charge in [-0.1, -0.05) is 5.16 Å². The number of fused-ring (bicyclic) bond motifs is 1. The average molecular weight is 438 g/mol. The van der Waals surface area contributed by atoms with Gasteiger partial charge in [0.05, 0.1) is 12.8 Å². The summed E-state index contributed by atoms with van der Waals surface area (Å²) in [6.45, 7) is -0.182. The van der Waals surface area contributed by atoms with Crippen LogP contribution in [0.4, 0.5) is 10.1 Å².